The molecule has 0 amide bonds. The van der Waals surface area contributed by atoms with Crippen LogP contribution in [0.4, 0.5) is 0 Å². The van der Waals surface area contributed by atoms with Gasteiger partial charge in [0.15, 0.2) is 0 Å². The van der Waals surface area contributed by atoms with Gasteiger partial charge in [-0.25, -0.2) is 0 Å². The minimum absolute atomic E-state index is 0.0242. The molecular formula is C30H52O5. The Morgan fingerprint density at radius 2 is 1.43 bits per heavy atom. The molecule has 1 aliphatic heterocycles. The van der Waals surface area contributed by atoms with E-state index in [0.29, 0.717) is 18.8 Å². The summed E-state index contributed by atoms with van der Waals surface area (Å²) in [5.74, 6) is 0.500. The fourth-order valence-corrected chi connectivity index (χ4v) is 11.1. The van der Waals surface area contributed by atoms with Crippen molar-refractivity contribution in [3.8, 4) is 0 Å². The Hall–Kier alpha value is -0.200. The maximum absolute atomic E-state index is 12.5. The van der Waals surface area contributed by atoms with Crippen LogP contribution in [0.5, 0.6) is 0 Å². The SMILES string of the molecule is CC(C)(O)[C@@H]1CCC(C)([C@@]2(O)CC[C@]3(C)C2C[C@@H](O)C2[C@@]4(C)CC[C@@H](O)C(C)(C)C4CC[C@]23C)O1. The summed E-state index contributed by atoms with van der Waals surface area (Å²) >= 11 is 0. The predicted octanol–water partition coefficient (Wildman–Crippen LogP) is 4.83. The van der Waals surface area contributed by atoms with Gasteiger partial charge in [-0.15, -0.1) is 0 Å². The molecule has 5 heteroatoms. The Bertz CT molecular complexity index is 865. The fourth-order valence-electron chi connectivity index (χ4n) is 11.1. The number of hydrogen-bond acceptors (Lipinski definition) is 5. The van der Waals surface area contributed by atoms with Crippen LogP contribution in [0.25, 0.3) is 0 Å². The zero-order valence-corrected chi connectivity index (χ0v) is 23.5. The van der Waals surface area contributed by atoms with Gasteiger partial charge in [0.25, 0.3) is 0 Å². The molecule has 0 bridgehead atoms. The quantitative estimate of drug-likeness (QED) is 0.443. The second-order valence-corrected chi connectivity index (χ2v) is 15.6. The summed E-state index contributed by atoms with van der Waals surface area (Å²) in [7, 11) is 0. The molecule has 0 radical (unpaired) electrons. The minimum atomic E-state index is -1.02. The molecule has 4 aliphatic carbocycles. The van der Waals surface area contributed by atoms with E-state index < -0.39 is 22.9 Å². The lowest BCUT2D eigenvalue weighted by atomic mass is 9.34. The number of fused-ring (bicyclic) bond motifs is 5. The Kier molecular flexibility index (Phi) is 5.63. The van der Waals surface area contributed by atoms with E-state index in [4.69, 9.17) is 4.74 Å². The van der Waals surface area contributed by atoms with Crippen molar-refractivity contribution in [2.75, 3.05) is 0 Å². The van der Waals surface area contributed by atoms with E-state index in [9.17, 15) is 20.4 Å². The molecule has 35 heavy (non-hydrogen) atoms. The molecule has 1 saturated heterocycles. The normalized spacial score (nSPS) is 57.9. The van der Waals surface area contributed by atoms with E-state index in [-0.39, 0.29) is 45.7 Å². The van der Waals surface area contributed by atoms with Gasteiger partial charge in [0, 0.05) is 0 Å². The largest absolute Gasteiger partial charge is 0.393 e. The molecule has 0 aromatic heterocycles. The molecule has 5 rings (SSSR count). The van der Waals surface area contributed by atoms with Crippen LogP contribution in [0.2, 0.25) is 0 Å². The van der Waals surface area contributed by atoms with Crippen LogP contribution < -0.4 is 0 Å². The highest BCUT2D eigenvalue weighted by Crippen LogP contribution is 2.76. The molecule has 5 nitrogen and oxygen atoms in total. The Balaban J connectivity index is 1.52. The van der Waals surface area contributed by atoms with E-state index in [0.717, 1.165) is 44.9 Å². The van der Waals surface area contributed by atoms with Gasteiger partial charge in [-0.05, 0) is 118 Å². The van der Waals surface area contributed by atoms with Crippen molar-refractivity contribution < 1.29 is 25.2 Å². The highest BCUT2D eigenvalue weighted by Gasteiger charge is 2.75. The monoisotopic (exact) mass is 492 g/mol. The molecular weight excluding hydrogens is 440 g/mol. The smallest absolute Gasteiger partial charge is 0.0968 e. The number of rotatable bonds is 2. The van der Waals surface area contributed by atoms with Crippen molar-refractivity contribution in [1.82, 2.24) is 0 Å². The van der Waals surface area contributed by atoms with E-state index in [1.165, 1.54) is 0 Å². The van der Waals surface area contributed by atoms with Gasteiger partial charge in [-0.3, -0.25) is 0 Å². The van der Waals surface area contributed by atoms with Crippen LogP contribution in [-0.4, -0.2) is 55.5 Å². The molecule has 4 N–H and O–H groups in total. The third-order valence-electron chi connectivity index (χ3n) is 13.4. The zero-order valence-electron chi connectivity index (χ0n) is 23.5. The van der Waals surface area contributed by atoms with Gasteiger partial charge in [0.2, 0.25) is 0 Å². The third-order valence-corrected chi connectivity index (χ3v) is 13.4. The van der Waals surface area contributed by atoms with Crippen molar-refractivity contribution in [2.24, 2.45) is 39.4 Å². The second-order valence-electron chi connectivity index (χ2n) is 15.6. The second kappa shape index (κ2) is 7.46. The Morgan fingerprint density at radius 1 is 0.771 bits per heavy atom. The summed E-state index contributed by atoms with van der Waals surface area (Å²) in [6.07, 6.45) is 6.49. The first-order valence-electron chi connectivity index (χ1n) is 14.4. The molecule has 1 heterocycles. The predicted molar refractivity (Wildman–Crippen MR) is 137 cm³/mol. The van der Waals surface area contributed by atoms with Gasteiger partial charge in [-0.2, -0.15) is 0 Å². The highest BCUT2D eigenvalue weighted by molar-refractivity contribution is 5.24. The summed E-state index contributed by atoms with van der Waals surface area (Å²) in [6, 6.07) is 0. The molecule has 5 aliphatic rings. The molecule has 0 aromatic rings. The summed E-state index contributed by atoms with van der Waals surface area (Å²) < 4.78 is 6.53. The van der Waals surface area contributed by atoms with E-state index in [1.54, 1.807) is 13.8 Å². The molecule has 4 unspecified atom stereocenters. The molecule has 0 aromatic carbocycles. The van der Waals surface area contributed by atoms with Crippen LogP contribution in [0.1, 0.15) is 113 Å². The van der Waals surface area contributed by atoms with Crippen molar-refractivity contribution in [1.29, 1.82) is 0 Å². The third kappa shape index (κ3) is 3.17. The summed E-state index contributed by atoms with van der Waals surface area (Å²) in [4.78, 5) is 0. The summed E-state index contributed by atoms with van der Waals surface area (Å²) in [5.41, 5.74) is -3.04. The number of ether oxygens (including phenoxy) is 1. The van der Waals surface area contributed by atoms with Gasteiger partial charge in [-0.1, -0.05) is 34.6 Å². The fraction of sp³-hybridized carbons (Fsp3) is 1.00. The van der Waals surface area contributed by atoms with Crippen LogP contribution in [0, 0.1) is 39.4 Å². The maximum Gasteiger partial charge on any atom is 0.0968 e. The lowest BCUT2D eigenvalue weighted by Gasteiger charge is -2.71. The Labute approximate surface area is 213 Å². The van der Waals surface area contributed by atoms with Crippen molar-refractivity contribution >= 4 is 0 Å². The van der Waals surface area contributed by atoms with Crippen molar-refractivity contribution in [3.05, 3.63) is 0 Å². The van der Waals surface area contributed by atoms with Crippen LogP contribution in [0.15, 0.2) is 0 Å². The molecule has 0 spiro atoms. The molecule has 202 valence electrons. The topological polar surface area (TPSA) is 90.2 Å². The number of aliphatic hydroxyl groups excluding tert-OH is 2. The van der Waals surface area contributed by atoms with Crippen LogP contribution in [-0.2, 0) is 4.74 Å². The van der Waals surface area contributed by atoms with E-state index >= 15 is 0 Å². The number of aliphatic hydroxyl groups is 4. The van der Waals surface area contributed by atoms with E-state index in [2.05, 4.69) is 41.5 Å². The van der Waals surface area contributed by atoms with Gasteiger partial charge in [0.1, 0.15) is 0 Å². The first-order valence-corrected chi connectivity index (χ1v) is 14.4. The first kappa shape index (κ1) is 26.4. The lowest BCUT2D eigenvalue weighted by Crippen LogP contribution is -2.69. The molecule has 4 saturated carbocycles. The average Bonchev–Trinajstić information content (AvgIpc) is 3.27. The number of hydrogen-bond donors (Lipinski definition) is 4. The lowest BCUT2D eigenvalue weighted by molar-refractivity contribution is -0.277. The first-order chi connectivity index (χ1) is 15.9. The van der Waals surface area contributed by atoms with Gasteiger partial charge < -0.3 is 25.2 Å². The molecule has 5 fully saturated rings. The molecule has 11 atom stereocenters. The van der Waals surface area contributed by atoms with E-state index in [1.807, 2.05) is 0 Å². The summed E-state index contributed by atoms with van der Waals surface area (Å²) in [5, 5.41) is 46.0. The summed E-state index contributed by atoms with van der Waals surface area (Å²) in [6.45, 7) is 17.3. The van der Waals surface area contributed by atoms with Crippen molar-refractivity contribution in [3.63, 3.8) is 0 Å². The highest BCUT2D eigenvalue weighted by atomic mass is 16.5. The van der Waals surface area contributed by atoms with Crippen LogP contribution >= 0.6 is 0 Å². The Morgan fingerprint density at radius 3 is 2.03 bits per heavy atom. The average molecular weight is 493 g/mol. The minimum Gasteiger partial charge on any atom is -0.393 e. The van der Waals surface area contributed by atoms with Crippen molar-refractivity contribution in [2.45, 2.75) is 148 Å². The maximum atomic E-state index is 12.5. The standard InChI is InChI=1S/C30H52O5/c1-24(2)19-9-13-28(7)23(26(19,5)12-10-21(24)32)18(31)17-20-27(28,6)15-16-30(20,34)29(8)14-11-22(35-29)25(3,4)33/h18-23,31-34H,9-17H2,1-8H3/t18-,19?,20?,21-,22+,23?,26+,27-,28-,29?,30-/m1/s1. The van der Waals surface area contributed by atoms with Crippen LogP contribution in [0.3, 0.4) is 0 Å². The van der Waals surface area contributed by atoms with Gasteiger partial charge in [0.05, 0.1) is 35.1 Å². The van der Waals surface area contributed by atoms with Gasteiger partial charge >= 0.3 is 0 Å². The zero-order chi connectivity index (χ0) is 26.0.